The number of allylic oxidation sites excluding steroid dienone is 6. The van der Waals surface area contributed by atoms with E-state index >= 15 is 52.7 Å². The molecule has 8 aromatic carbocycles. The lowest BCUT2D eigenvalue weighted by Gasteiger charge is -2.51. The van der Waals surface area contributed by atoms with E-state index in [1.54, 1.807) is 231 Å². The number of fused-ring (bicyclic) bond motifs is 4. The molecule has 15 rings (SSSR count). The number of alkyl halides is 12. The molecule has 5 aliphatic rings. The van der Waals surface area contributed by atoms with E-state index in [-0.39, 0.29) is 32.0 Å². The first-order chi connectivity index (χ1) is 43.2. The average molecular weight is 1290 g/mol. The number of thiophene rings is 2. The van der Waals surface area contributed by atoms with Gasteiger partial charge in [-0.3, -0.25) is 0 Å². The summed E-state index contributed by atoms with van der Waals surface area (Å²) >= 11 is 4.71. The zero-order chi connectivity index (χ0) is 62.6. The molecule has 4 heterocycles. The predicted octanol–water partition coefficient (Wildman–Crippen LogP) is 23.2. The van der Waals surface area contributed by atoms with Crippen LogP contribution in [0, 0.1) is 0 Å². The Kier molecular flexibility index (Phi) is 14.3. The fourth-order valence-electron chi connectivity index (χ4n) is 12.8. The number of halogens is 12. The fourth-order valence-corrected chi connectivity index (χ4v) is 18.7. The lowest BCUT2D eigenvalue weighted by atomic mass is 9.64. The van der Waals surface area contributed by atoms with E-state index in [0.29, 0.717) is 64.1 Å². The molecule has 1 saturated carbocycles. The van der Waals surface area contributed by atoms with Crippen molar-refractivity contribution < 1.29 is 52.7 Å². The Morgan fingerprint density at radius 2 is 0.500 bits per heavy atom. The van der Waals surface area contributed by atoms with Gasteiger partial charge in [0.2, 0.25) is 0 Å². The predicted molar refractivity (Wildman–Crippen MR) is 341 cm³/mol. The Balaban J connectivity index is 0.000000157. The normalized spacial score (nSPS) is 21.9. The molecule has 10 aromatic rings. The van der Waals surface area contributed by atoms with Crippen LogP contribution in [0.3, 0.4) is 0 Å². The molecule has 0 spiro atoms. The molecule has 2 aliphatic heterocycles. The molecule has 0 bridgehead atoms. The molecule has 2 aromatic heterocycles. The quantitative estimate of drug-likeness (QED) is 0.125. The van der Waals surface area contributed by atoms with E-state index in [1.165, 1.54) is 47.8 Å². The smallest absolute Gasteiger partial charge is 0.194 e. The second-order valence-corrected chi connectivity index (χ2v) is 26.6. The first-order valence-corrected chi connectivity index (χ1v) is 31.5. The van der Waals surface area contributed by atoms with E-state index in [9.17, 15) is 0 Å². The minimum Gasteiger partial charge on any atom is -0.194 e. The molecule has 0 amide bonds. The van der Waals surface area contributed by atoms with Crippen molar-refractivity contribution in [3.05, 3.63) is 323 Å². The van der Waals surface area contributed by atoms with Crippen LogP contribution in [0.2, 0.25) is 0 Å². The standard InChI is InChI=1S/2C37H22F6S2/c38-35(39)31-27-21-29(23-13-5-1-6-14-23)44-33(27,25-17-9-3-10-18-25)34(26-19-11-4-12-20-26)28(32(31)36(40,41)37(35,42)43)22-30(45-34)24-15-7-2-8-16-24;38-35(39)31(27-21-29(23-13-5-1-6-14-23)44-33(27)25-17-9-3-10-18-25)32(36(40,41)37(35,42)43)28-22-30(24-15-7-2-8-16-24)45-34(28)26-19-11-4-12-20-26/h2*1-22H. The number of hydrogen-bond acceptors (Lipinski definition) is 4. The molecule has 2 atom stereocenters. The maximum atomic E-state index is 16.2. The van der Waals surface area contributed by atoms with Gasteiger partial charge in [0.05, 0.1) is 9.49 Å². The van der Waals surface area contributed by atoms with Crippen molar-refractivity contribution >= 4 is 67.2 Å². The van der Waals surface area contributed by atoms with E-state index < -0.39 is 67.3 Å². The second kappa shape index (κ2) is 21.7. The lowest BCUT2D eigenvalue weighted by molar-refractivity contribution is -0.258. The first kappa shape index (κ1) is 59.3. The van der Waals surface area contributed by atoms with Gasteiger partial charge in [0.25, 0.3) is 0 Å². The van der Waals surface area contributed by atoms with Crippen LogP contribution in [0.1, 0.15) is 33.4 Å². The molecule has 90 heavy (non-hydrogen) atoms. The summed E-state index contributed by atoms with van der Waals surface area (Å²) in [7, 11) is 0. The van der Waals surface area contributed by atoms with E-state index in [2.05, 4.69) is 0 Å². The van der Waals surface area contributed by atoms with Gasteiger partial charge in [-0.15, -0.1) is 46.2 Å². The van der Waals surface area contributed by atoms with Gasteiger partial charge in [-0.25, -0.2) is 0 Å². The maximum absolute atomic E-state index is 16.2. The molecule has 0 saturated heterocycles. The SMILES string of the molecule is FC1(F)C(c2cc(-c3ccccc3)sc2-c2ccccc2)=C(c2cc(-c3ccccc3)sc2-c2ccccc2)C(F)(F)C1(F)F.FC1(F)C2=C3C=C(c4ccccc4)SC3(c3ccccc3)C3(c4ccccc4)SC(c4ccccc4)=CC3=C2C(F)(F)C1(F)F. The van der Waals surface area contributed by atoms with Crippen LogP contribution < -0.4 is 0 Å². The summed E-state index contributed by atoms with van der Waals surface area (Å²) < 4.78 is 189. The first-order valence-electron chi connectivity index (χ1n) is 28.2. The highest BCUT2D eigenvalue weighted by molar-refractivity contribution is 8.13. The van der Waals surface area contributed by atoms with Gasteiger partial charge in [0.15, 0.2) is 0 Å². The van der Waals surface area contributed by atoms with Crippen molar-refractivity contribution in [3.63, 3.8) is 0 Å². The highest BCUT2D eigenvalue weighted by Gasteiger charge is 2.85. The molecule has 0 radical (unpaired) electrons. The largest absolute Gasteiger partial charge is 0.380 e. The molecule has 0 N–H and O–H groups in total. The molecular weight excluding hydrogens is 1250 g/mol. The Hall–Kier alpha value is -8.28. The van der Waals surface area contributed by atoms with Gasteiger partial charge in [-0.2, -0.15) is 52.7 Å². The Morgan fingerprint density at radius 3 is 0.789 bits per heavy atom. The van der Waals surface area contributed by atoms with Gasteiger partial charge in [-0.1, -0.05) is 243 Å². The minimum atomic E-state index is -5.68. The van der Waals surface area contributed by atoms with Crippen molar-refractivity contribution in [2.75, 3.05) is 0 Å². The zero-order valence-corrected chi connectivity index (χ0v) is 49.8. The number of thioether (sulfide) groups is 2. The zero-order valence-electron chi connectivity index (χ0n) is 46.6. The highest BCUT2D eigenvalue weighted by atomic mass is 32.2. The lowest BCUT2D eigenvalue weighted by Crippen LogP contribution is -2.48. The fraction of sp³-hybridized carbons (Fsp3) is 0.108. The second-order valence-electron chi connectivity index (χ2n) is 22.0. The van der Waals surface area contributed by atoms with E-state index in [1.807, 2.05) is 12.1 Å². The summed E-state index contributed by atoms with van der Waals surface area (Å²) in [4.78, 5) is 2.44. The van der Waals surface area contributed by atoms with Crippen molar-refractivity contribution in [1.82, 2.24) is 0 Å². The van der Waals surface area contributed by atoms with Crippen LogP contribution in [0.15, 0.2) is 289 Å². The summed E-state index contributed by atoms with van der Waals surface area (Å²) in [6.45, 7) is 0. The molecule has 1 fully saturated rings. The third-order valence-corrected chi connectivity index (χ3v) is 22.8. The summed E-state index contributed by atoms with van der Waals surface area (Å²) in [5.41, 5.74) is -1.76. The number of benzene rings is 8. The summed E-state index contributed by atoms with van der Waals surface area (Å²) in [5, 5.41) is 0. The van der Waals surface area contributed by atoms with Crippen LogP contribution in [0.4, 0.5) is 52.7 Å². The van der Waals surface area contributed by atoms with Crippen LogP contribution in [0.5, 0.6) is 0 Å². The van der Waals surface area contributed by atoms with Crippen LogP contribution in [-0.2, 0) is 9.49 Å². The van der Waals surface area contributed by atoms with Crippen molar-refractivity contribution in [3.8, 4) is 41.8 Å². The van der Waals surface area contributed by atoms with E-state index in [0.717, 1.165) is 22.7 Å². The molecule has 16 heteroatoms. The Labute approximate surface area is 526 Å². The van der Waals surface area contributed by atoms with Crippen molar-refractivity contribution in [1.29, 1.82) is 0 Å². The summed E-state index contributed by atoms with van der Waals surface area (Å²) in [6, 6.07) is 72.8. The third-order valence-electron chi connectivity index (χ3n) is 16.9. The third kappa shape index (κ3) is 8.67. The average Bonchev–Trinajstić information content (AvgIpc) is 1.46. The van der Waals surface area contributed by atoms with Crippen LogP contribution in [0.25, 0.3) is 62.7 Å². The van der Waals surface area contributed by atoms with Crippen molar-refractivity contribution in [2.24, 2.45) is 0 Å². The molecule has 448 valence electrons. The van der Waals surface area contributed by atoms with Crippen molar-refractivity contribution in [2.45, 2.75) is 45.0 Å². The van der Waals surface area contributed by atoms with Gasteiger partial charge in [0.1, 0.15) is 0 Å². The van der Waals surface area contributed by atoms with Gasteiger partial charge < -0.3 is 0 Å². The Bertz CT molecular complexity index is 4270. The molecule has 0 nitrogen and oxygen atoms in total. The molecular formula is C74H44F12S4. The van der Waals surface area contributed by atoms with Crippen LogP contribution >= 0.6 is 46.2 Å². The van der Waals surface area contributed by atoms with E-state index in [4.69, 9.17) is 0 Å². The summed E-state index contributed by atoms with van der Waals surface area (Å²) in [5.74, 6) is -32.0. The number of hydrogen-bond donors (Lipinski definition) is 0. The topological polar surface area (TPSA) is 0 Å². The minimum absolute atomic E-state index is 0.204. The molecule has 3 aliphatic carbocycles. The van der Waals surface area contributed by atoms with Crippen LogP contribution in [-0.4, -0.2) is 35.5 Å². The maximum Gasteiger partial charge on any atom is 0.380 e. The molecule has 2 unspecified atom stereocenters. The Morgan fingerprint density at radius 1 is 0.256 bits per heavy atom. The van der Waals surface area contributed by atoms with Gasteiger partial charge in [0, 0.05) is 62.7 Å². The van der Waals surface area contributed by atoms with Gasteiger partial charge in [-0.05, 0) is 79.9 Å². The number of rotatable bonds is 10. The highest BCUT2D eigenvalue weighted by Crippen LogP contribution is 2.81. The summed E-state index contributed by atoms with van der Waals surface area (Å²) in [6.07, 6.45) is 2.88. The van der Waals surface area contributed by atoms with Gasteiger partial charge >= 0.3 is 35.5 Å². The monoisotopic (exact) mass is 1290 g/mol.